The second-order valence-electron chi connectivity index (χ2n) is 4.10. The molecule has 1 aliphatic heterocycles. The zero-order valence-corrected chi connectivity index (χ0v) is 9.48. The second-order valence-corrected chi connectivity index (χ2v) is 4.10. The van der Waals surface area contributed by atoms with Gasteiger partial charge >= 0.3 is 6.18 Å². The molecule has 1 aliphatic rings. The Balaban J connectivity index is 2.05. The number of halogens is 3. The zero-order valence-electron chi connectivity index (χ0n) is 9.48. The lowest BCUT2D eigenvalue weighted by Crippen LogP contribution is -2.51. The van der Waals surface area contributed by atoms with Crippen molar-refractivity contribution < 1.29 is 22.7 Å². The van der Waals surface area contributed by atoms with E-state index < -0.39 is 31.3 Å². The molecule has 1 aromatic rings. The van der Waals surface area contributed by atoms with Crippen LogP contribution in [0, 0.1) is 0 Å². The van der Waals surface area contributed by atoms with E-state index >= 15 is 0 Å². The van der Waals surface area contributed by atoms with Gasteiger partial charge in [0.05, 0.1) is 6.54 Å². The molecular weight excluding hydrogens is 247 g/mol. The largest absolute Gasteiger partial charge is 0.416 e. The summed E-state index contributed by atoms with van der Waals surface area (Å²) in [5.41, 5.74) is 0.800. The van der Waals surface area contributed by atoms with Crippen molar-refractivity contribution in [2.24, 2.45) is 0 Å². The molecule has 1 saturated heterocycles. The van der Waals surface area contributed by atoms with Crippen LogP contribution in [-0.2, 0) is 16.1 Å². The predicted octanol–water partition coefficient (Wildman–Crippen LogP) is 1.98. The Morgan fingerprint density at radius 3 is 2.56 bits per heavy atom. The van der Waals surface area contributed by atoms with Crippen LogP contribution in [0.5, 0.6) is 0 Å². The molecule has 1 amide bonds. The maximum absolute atomic E-state index is 12.5. The third-order valence-electron chi connectivity index (χ3n) is 2.73. The molecule has 1 unspecified atom stereocenters. The fourth-order valence-electron chi connectivity index (χ4n) is 1.77. The van der Waals surface area contributed by atoms with Crippen molar-refractivity contribution in [3.05, 3.63) is 35.9 Å². The van der Waals surface area contributed by atoms with Crippen molar-refractivity contribution in [2.75, 3.05) is 13.2 Å². The van der Waals surface area contributed by atoms with E-state index in [0.29, 0.717) is 0 Å². The van der Waals surface area contributed by atoms with Crippen molar-refractivity contribution >= 4 is 5.91 Å². The van der Waals surface area contributed by atoms with Gasteiger partial charge in [-0.05, 0) is 5.56 Å². The average Bonchev–Trinajstić information content (AvgIpc) is 2.32. The molecular formula is C12H12F3NO2. The van der Waals surface area contributed by atoms with E-state index in [0.717, 1.165) is 5.56 Å². The Kier molecular flexibility index (Phi) is 3.56. The number of amides is 1. The van der Waals surface area contributed by atoms with Gasteiger partial charge in [0.1, 0.15) is 6.61 Å². The number of hydrogen-bond acceptors (Lipinski definition) is 2. The average molecular weight is 259 g/mol. The van der Waals surface area contributed by atoms with Gasteiger partial charge in [-0.15, -0.1) is 0 Å². The normalized spacial score (nSPS) is 21.2. The minimum absolute atomic E-state index is 0.176. The monoisotopic (exact) mass is 259 g/mol. The fourth-order valence-corrected chi connectivity index (χ4v) is 1.77. The molecule has 0 radical (unpaired) electrons. The van der Waals surface area contributed by atoms with Gasteiger partial charge < -0.3 is 9.64 Å². The van der Waals surface area contributed by atoms with E-state index in [2.05, 4.69) is 4.74 Å². The first-order chi connectivity index (χ1) is 8.47. The van der Waals surface area contributed by atoms with Crippen molar-refractivity contribution in [3.63, 3.8) is 0 Å². The molecule has 0 saturated carbocycles. The number of alkyl halides is 3. The van der Waals surface area contributed by atoms with E-state index in [4.69, 9.17) is 0 Å². The van der Waals surface area contributed by atoms with Crippen LogP contribution in [0.4, 0.5) is 13.2 Å². The van der Waals surface area contributed by atoms with E-state index in [1.807, 2.05) is 6.07 Å². The number of nitrogens with zero attached hydrogens (tertiary/aromatic N) is 1. The summed E-state index contributed by atoms with van der Waals surface area (Å²) in [4.78, 5) is 12.7. The topological polar surface area (TPSA) is 29.5 Å². The fraction of sp³-hybridized carbons (Fsp3) is 0.417. The Morgan fingerprint density at radius 1 is 1.28 bits per heavy atom. The maximum atomic E-state index is 12.5. The molecule has 98 valence electrons. The minimum atomic E-state index is -4.43. The molecule has 1 atom stereocenters. The number of morpholine rings is 1. The summed E-state index contributed by atoms with van der Waals surface area (Å²) >= 11 is 0. The van der Waals surface area contributed by atoms with E-state index in [9.17, 15) is 18.0 Å². The predicted molar refractivity (Wildman–Crippen MR) is 57.7 cm³/mol. The molecule has 6 heteroatoms. The number of hydrogen-bond donors (Lipinski definition) is 0. The number of carbonyl (C=O) groups excluding carboxylic acids is 1. The first kappa shape index (κ1) is 12.9. The highest BCUT2D eigenvalue weighted by Crippen LogP contribution is 2.26. The molecule has 18 heavy (non-hydrogen) atoms. The quantitative estimate of drug-likeness (QED) is 0.812. The van der Waals surface area contributed by atoms with Crippen LogP contribution >= 0.6 is 0 Å². The van der Waals surface area contributed by atoms with Crippen LogP contribution in [0.2, 0.25) is 0 Å². The lowest BCUT2D eigenvalue weighted by molar-refractivity contribution is -0.235. The molecule has 0 spiro atoms. The number of carbonyl (C=O) groups is 1. The van der Waals surface area contributed by atoms with Crippen molar-refractivity contribution in [1.29, 1.82) is 0 Å². The molecule has 0 bridgehead atoms. The minimum Gasteiger partial charge on any atom is -0.357 e. The van der Waals surface area contributed by atoms with Crippen molar-refractivity contribution in [2.45, 2.75) is 18.8 Å². The van der Waals surface area contributed by atoms with E-state index in [-0.39, 0.29) is 6.54 Å². The molecule has 0 aromatic heterocycles. The highest BCUT2D eigenvalue weighted by Gasteiger charge is 2.45. The molecule has 0 N–H and O–H groups in total. The highest BCUT2D eigenvalue weighted by atomic mass is 19.4. The summed E-state index contributed by atoms with van der Waals surface area (Å²) in [7, 11) is 0. The van der Waals surface area contributed by atoms with Gasteiger partial charge in [0, 0.05) is 6.54 Å². The number of benzene rings is 1. The Labute approximate surface area is 102 Å². The van der Waals surface area contributed by atoms with Crippen LogP contribution in [0.25, 0.3) is 0 Å². The third-order valence-corrected chi connectivity index (χ3v) is 2.73. The van der Waals surface area contributed by atoms with E-state index in [1.165, 1.54) is 4.90 Å². The van der Waals surface area contributed by atoms with Crippen LogP contribution in [0.1, 0.15) is 5.56 Å². The van der Waals surface area contributed by atoms with Crippen LogP contribution in [0.3, 0.4) is 0 Å². The Morgan fingerprint density at radius 2 is 1.94 bits per heavy atom. The van der Waals surface area contributed by atoms with Gasteiger partial charge in [-0.1, -0.05) is 30.3 Å². The summed E-state index contributed by atoms with van der Waals surface area (Å²) in [6.07, 6.45) is -6.32. The third kappa shape index (κ3) is 3.01. The lowest BCUT2D eigenvalue weighted by atomic mass is 10.2. The van der Waals surface area contributed by atoms with Crippen molar-refractivity contribution in [1.82, 2.24) is 4.90 Å². The molecule has 1 aromatic carbocycles. The maximum Gasteiger partial charge on any atom is 0.416 e. The Bertz CT molecular complexity index is 419. The van der Waals surface area contributed by atoms with Gasteiger partial charge in [-0.2, -0.15) is 13.2 Å². The molecule has 0 aliphatic carbocycles. The molecule has 2 rings (SSSR count). The number of ether oxygens (including phenoxy) is 1. The molecule has 1 fully saturated rings. The first-order valence-corrected chi connectivity index (χ1v) is 5.47. The SMILES string of the molecule is O=C1COC(C(F)(F)F)CN1Cc1ccccc1. The summed E-state index contributed by atoms with van der Waals surface area (Å²) in [6.45, 7) is -0.788. The summed E-state index contributed by atoms with van der Waals surface area (Å²) in [5.74, 6) is -0.417. The highest BCUT2D eigenvalue weighted by molar-refractivity contribution is 5.78. The summed E-state index contributed by atoms with van der Waals surface area (Å²) in [6, 6.07) is 8.91. The summed E-state index contributed by atoms with van der Waals surface area (Å²) < 4.78 is 42.1. The van der Waals surface area contributed by atoms with E-state index in [1.54, 1.807) is 24.3 Å². The Hall–Kier alpha value is -1.56. The van der Waals surface area contributed by atoms with Gasteiger partial charge in [0.25, 0.3) is 0 Å². The second kappa shape index (κ2) is 4.97. The van der Waals surface area contributed by atoms with Gasteiger partial charge in [0.2, 0.25) is 5.91 Å². The zero-order chi connectivity index (χ0) is 13.2. The first-order valence-electron chi connectivity index (χ1n) is 5.47. The molecule has 3 nitrogen and oxygen atoms in total. The van der Waals surface area contributed by atoms with Crippen LogP contribution < -0.4 is 0 Å². The standard InChI is InChI=1S/C12H12F3NO2/c13-12(14,15)10-7-16(11(17)8-18-10)6-9-4-2-1-3-5-9/h1-5,10H,6-8H2. The number of rotatable bonds is 2. The smallest absolute Gasteiger partial charge is 0.357 e. The molecule has 1 heterocycles. The van der Waals surface area contributed by atoms with Gasteiger partial charge in [-0.3, -0.25) is 4.79 Å². The summed E-state index contributed by atoms with van der Waals surface area (Å²) in [5, 5.41) is 0. The van der Waals surface area contributed by atoms with Gasteiger partial charge in [0.15, 0.2) is 6.10 Å². The van der Waals surface area contributed by atoms with Crippen molar-refractivity contribution in [3.8, 4) is 0 Å². The van der Waals surface area contributed by atoms with Crippen LogP contribution in [-0.4, -0.2) is 36.2 Å². The lowest BCUT2D eigenvalue weighted by Gasteiger charge is -2.33. The van der Waals surface area contributed by atoms with Gasteiger partial charge in [-0.25, -0.2) is 0 Å². The van der Waals surface area contributed by atoms with Crippen LogP contribution in [0.15, 0.2) is 30.3 Å².